The SMILES string of the molecule is Cc1nnc(-c2cccc(OCCCCN3CCN(c4ccc(F)cc4)CC3)c2)o1. The van der Waals surface area contributed by atoms with Crippen molar-refractivity contribution in [3.63, 3.8) is 0 Å². The Kier molecular flexibility index (Phi) is 6.59. The highest BCUT2D eigenvalue weighted by Gasteiger charge is 2.16. The molecule has 4 rings (SSSR count). The van der Waals surface area contributed by atoms with Gasteiger partial charge in [0.2, 0.25) is 11.8 Å². The molecule has 0 spiro atoms. The molecule has 7 heteroatoms. The van der Waals surface area contributed by atoms with Crippen LogP contribution in [0.4, 0.5) is 10.1 Å². The minimum atomic E-state index is -0.184. The van der Waals surface area contributed by atoms with Gasteiger partial charge in [0, 0.05) is 44.4 Å². The average molecular weight is 410 g/mol. The van der Waals surface area contributed by atoms with Gasteiger partial charge in [-0.3, -0.25) is 4.90 Å². The molecule has 2 heterocycles. The van der Waals surface area contributed by atoms with Crippen molar-refractivity contribution in [2.75, 3.05) is 44.2 Å². The topological polar surface area (TPSA) is 54.6 Å². The number of ether oxygens (including phenoxy) is 1. The van der Waals surface area contributed by atoms with Crippen molar-refractivity contribution in [2.45, 2.75) is 19.8 Å². The molecule has 0 bridgehead atoms. The van der Waals surface area contributed by atoms with Crippen molar-refractivity contribution in [1.82, 2.24) is 15.1 Å². The van der Waals surface area contributed by atoms with E-state index in [2.05, 4.69) is 20.0 Å². The largest absolute Gasteiger partial charge is 0.494 e. The molecule has 1 aromatic heterocycles. The van der Waals surface area contributed by atoms with Gasteiger partial charge in [-0.2, -0.15) is 0 Å². The summed E-state index contributed by atoms with van der Waals surface area (Å²) in [6, 6.07) is 14.5. The molecule has 0 N–H and O–H groups in total. The molecule has 1 aliphatic rings. The molecule has 1 saturated heterocycles. The Hall–Kier alpha value is -2.93. The molecule has 0 atom stereocenters. The van der Waals surface area contributed by atoms with Gasteiger partial charge >= 0.3 is 0 Å². The summed E-state index contributed by atoms with van der Waals surface area (Å²) in [5, 5.41) is 7.92. The van der Waals surface area contributed by atoms with Crippen LogP contribution in [0.5, 0.6) is 5.75 Å². The van der Waals surface area contributed by atoms with E-state index >= 15 is 0 Å². The van der Waals surface area contributed by atoms with Crippen LogP contribution < -0.4 is 9.64 Å². The van der Waals surface area contributed by atoms with E-state index in [4.69, 9.17) is 9.15 Å². The maximum absolute atomic E-state index is 13.1. The van der Waals surface area contributed by atoms with Gasteiger partial charge < -0.3 is 14.1 Å². The lowest BCUT2D eigenvalue weighted by molar-refractivity contribution is 0.238. The number of hydrogen-bond donors (Lipinski definition) is 0. The Morgan fingerprint density at radius 1 is 1.00 bits per heavy atom. The Morgan fingerprint density at radius 2 is 1.80 bits per heavy atom. The highest BCUT2D eigenvalue weighted by Crippen LogP contribution is 2.23. The van der Waals surface area contributed by atoms with E-state index in [1.54, 1.807) is 6.92 Å². The summed E-state index contributed by atoms with van der Waals surface area (Å²) >= 11 is 0. The summed E-state index contributed by atoms with van der Waals surface area (Å²) in [4.78, 5) is 4.80. The summed E-state index contributed by atoms with van der Waals surface area (Å²) in [6.45, 7) is 7.55. The molecule has 30 heavy (non-hydrogen) atoms. The number of rotatable bonds is 8. The first-order valence-corrected chi connectivity index (χ1v) is 10.4. The number of benzene rings is 2. The molecular weight excluding hydrogens is 383 g/mol. The monoisotopic (exact) mass is 410 g/mol. The molecule has 0 unspecified atom stereocenters. The van der Waals surface area contributed by atoms with Crippen molar-refractivity contribution in [2.24, 2.45) is 0 Å². The Balaban J connectivity index is 1.15. The Bertz CT molecular complexity index is 936. The zero-order valence-electron chi connectivity index (χ0n) is 17.3. The molecule has 6 nitrogen and oxygen atoms in total. The Morgan fingerprint density at radius 3 is 2.53 bits per heavy atom. The second-order valence-corrected chi connectivity index (χ2v) is 7.51. The van der Waals surface area contributed by atoms with Crippen molar-refractivity contribution in [3.05, 3.63) is 60.2 Å². The van der Waals surface area contributed by atoms with Crippen LogP contribution in [-0.4, -0.2) is 54.4 Å². The van der Waals surface area contributed by atoms with Crippen LogP contribution in [0.15, 0.2) is 52.9 Å². The molecule has 0 saturated carbocycles. The fraction of sp³-hybridized carbons (Fsp3) is 0.391. The number of unbranched alkanes of at least 4 members (excludes halogenated alkanes) is 1. The standard InChI is InChI=1S/C23H27FN4O2/c1-18-25-26-23(30-18)19-5-4-6-22(17-19)29-16-3-2-11-27-12-14-28(15-13-27)21-9-7-20(24)8-10-21/h4-10,17H,2-3,11-16H2,1H3. The van der Waals surface area contributed by atoms with E-state index in [0.717, 1.165) is 62.6 Å². The Labute approximate surface area is 176 Å². The van der Waals surface area contributed by atoms with E-state index in [9.17, 15) is 4.39 Å². The van der Waals surface area contributed by atoms with Crippen molar-refractivity contribution in [3.8, 4) is 17.2 Å². The zero-order valence-corrected chi connectivity index (χ0v) is 17.3. The molecular formula is C23H27FN4O2. The van der Waals surface area contributed by atoms with E-state index < -0.39 is 0 Å². The number of piperazine rings is 1. The molecule has 3 aromatic rings. The predicted molar refractivity (Wildman–Crippen MR) is 114 cm³/mol. The van der Waals surface area contributed by atoms with E-state index in [1.807, 2.05) is 36.4 Å². The first-order valence-electron chi connectivity index (χ1n) is 10.4. The third-order valence-corrected chi connectivity index (χ3v) is 5.31. The summed E-state index contributed by atoms with van der Waals surface area (Å²) in [7, 11) is 0. The van der Waals surface area contributed by atoms with E-state index in [-0.39, 0.29) is 5.82 Å². The van der Waals surface area contributed by atoms with Gasteiger partial charge in [0.15, 0.2) is 0 Å². The number of aryl methyl sites for hydroxylation is 1. The quantitative estimate of drug-likeness (QED) is 0.520. The first-order chi connectivity index (χ1) is 14.7. The predicted octanol–water partition coefficient (Wildman–Crippen LogP) is 4.17. The third-order valence-electron chi connectivity index (χ3n) is 5.31. The fourth-order valence-corrected chi connectivity index (χ4v) is 3.64. The van der Waals surface area contributed by atoms with Gasteiger partial charge in [-0.1, -0.05) is 6.07 Å². The molecule has 158 valence electrons. The number of aromatic nitrogens is 2. The maximum Gasteiger partial charge on any atom is 0.247 e. The second kappa shape index (κ2) is 9.71. The average Bonchev–Trinajstić information content (AvgIpc) is 3.21. The molecule has 0 amide bonds. The van der Waals surface area contributed by atoms with Gasteiger partial charge in [0.1, 0.15) is 11.6 Å². The van der Waals surface area contributed by atoms with E-state index in [1.165, 1.54) is 12.1 Å². The molecule has 1 fully saturated rings. The number of hydrogen-bond acceptors (Lipinski definition) is 6. The lowest BCUT2D eigenvalue weighted by Crippen LogP contribution is -2.46. The zero-order chi connectivity index (χ0) is 20.8. The third kappa shape index (κ3) is 5.36. The van der Waals surface area contributed by atoms with Crippen molar-refractivity contribution < 1.29 is 13.5 Å². The highest BCUT2D eigenvalue weighted by molar-refractivity contribution is 5.55. The molecule has 0 aliphatic carbocycles. The smallest absolute Gasteiger partial charge is 0.247 e. The summed E-state index contributed by atoms with van der Waals surface area (Å²) in [6.07, 6.45) is 2.10. The lowest BCUT2D eigenvalue weighted by atomic mass is 10.2. The maximum atomic E-state index is 13.1. The minimum Gasteiger partial charge on any atom is -0.494 e. The molecule has 0 radical (unpaired) electrons. The van der Waals surface area contributed by atoms with Gasteiger partial charge in [0.25, 0.3) is 0 Å². The second-order valence-electron chi connectivity index (χ2n) is 7.51. The molecule has 1 aliphatic heterocycles. The normalized spacial score (nSPS) is 14.8. The van der Waals surface area contributed by atoms with Crippen LogP contribution in [0.3, 0.4) is 0 Å². The number of anilines is 1. The van der Waals surface area contributed by atoms with Crippen molar-refractivity contribution in [1.29, 1.82) is 0 Å². The van der Waals surface area contributed by atoms with Gasteiger partial charge in [-0.25, -0.2) is 4.39 Å². The summed E-state index contributed by atoms with van der Waals surface area (Å²) in [5.41, 5.74) is 1.97. The van der Waals surface area contributed by atoms with Gasteiger partial charge in [-0.05, 0) is 61.9 Å². The van der Waals surface area contributed by atoms with Crippen LogP contribution in [0.1, 0.15) is 18.7 Å². The minimum absolute atomic E-state index is 0.184. The number of nitrogens with zero attached hydrogens (tertiary/aromatic N) is 4. The highest BCUT2D eigenvalue weighted by atomic mass is 19.1. The summed E-state index contributed by atoms with van der Waals surface area (Å²) in [5.74, 6) is 1.69. The van der Waals surface area contributed by atoms with Gasteiger partial charge in [-0.15, -0.1) is 10.2 Å². The van der Waals surface area contributed by atoms with Gasteiger partial charge in [0.05, 0.1) is 6.61 Å². The fourth-order valence-electron chi connectivity index (χ4n) is 3.64. The lowest BCUT2D eigenvalue weighted by Gasteiger charge is -2.36. The van der Waals surface area contributed by atoms with Crippen LogP contribution >= 0.6 is 0 Å². The van der Waals surface area contributed by atoms with E-state index in [0.29, 0.717) is 18.4 Å². The van der Waals surface area contributed by atoms with Crippen LogP contribution in [-0.2, 0) is 0 Å². The molecule has 2 aromatic carbocycles. The van der Waals surface area contributed by atoms with Crippen LogP contribution in [0.2, 0.25) is 0 Å². The summed E-state index contributed by atoms with van der Waals surface area (Å²) < 4.78 is 24.5. The van der Waals surface area contributed by atoms with Crippen LogP contribution in [0, 0.1) is 12.7 Å². The van der Waals surface area contributed by atoms with Crippen molar-refractivity contribution >= 4 is 5.69 Å². The number of halogens is 1. The first kappa shape index (κ1) is 20.3. The van der Waals surface area contributed by atoms with Crippen LogP contribution in [0.25, 0.3) is 11.5 Å².